The van der Waals surface area contributed by atoms with Crippen LogP contribution in [-0.2, 0) is 17.7 Å². The van der Waals surface area contributed by atoms with Crippen LogP contribution in [0.2, 0.25) is 0 Å². The molecular weight excluding hydrogens is 533 g/mol. The summed E-state index contributed by atoms with van der Waals surface area (Å²) in [5.41, 5.74) is 1.54. The molecule has 0 saturated carbocycles. The first-order chi connectivity index (χ1) is 15.7. The second kappa shape index (κ2) is 15.1. The lowest BCUT2D eigenvalue weighted by molar-refractivity contribution is 0.0963. The zero-order valence-electron chi connectivity index (χ0n) is 20.1. The fraction of sp³-hybridized carbons (Fsp3) is 0.739. The highest BCUT2D eigenvalue weighted by Gasteiger charge is 2.24. The number of nitrogens with one attached hydrogen (secondary N) is 2. The van der Waals surface area contributed by atoms with Crippen molar-refractivity contribution in [2.45, 2.75) is 77.8 Å². The maximum atomic E-state index is 12.0. The maximum Gasteiger partial charge on any atom is 0.409 e. The van der Waals surface area contributed by atoms with E-state index in [9.17, 15) is 4.79 Å². The number of nitrogens with zero attached hydrogens (tertiary/aromatic N) is 5. The van der Waals surface area contributed by atoms with E-state index in [1.165, 1.54) is 25.7 Å². The van der Waals surface area contributed by atoms with Crippen LogP contribution < -0.4 is 10.6 Å². The second-order valence-electron chi connectivity index (χ2n) is 8.41. The average molecular weight is 574 g/mol. The summed E-state index contributed by atoms with van der Waals surface area (Å²) >= 11 is 0. The maximum absolute atomic E-state index is 12.0. The Labute approximate surface area is 214 Å². The van der Waals surface area contributed by atoms with Crippen molar-refractivity contribution in [3.05, 3.63) is 23.8 Å². The minimum Gasteiger partial charge on any atom is -0.450 e. The van der Waals surface area contributed by atoms with Crippen molar-refractivity contribution in [2.24, 2.45) is 4.99 Å². The topological polar surface area (TPSA) is 96.7 Å². The second-order valence-corrected chi connectivity index (χ2v) is 8.41. The molecular formula is C23H40IN7O2. The molecule has 2 aliphatic rings. The zero-order valence-corrected chi connectivity index (χ0v) is 22.4. The van der Waals surface area contributed by atoms with Gasteiger partial charge in [-0.05, 0) is 51.9 Å². The number of ether oxygens (including phenoxy) is 1. The Morgan fingerprint density at radius 3 is 2.79 bits per heavy atom. The van der Waals surface area contributed by atoms with Crippen LogP contribution in [0, 0.1) is 0 Å². The van der Waals surface area contributed by atoms with Gasteiger partial charge in [-0.25, -0.2) is 4.79 Å². The highest BCUT2D eigenvalue weighted by molar-refractivity contribution is 14.0. The Morgan fingerprint density at radius 1 is 1.27 bits per heavy atom. The molecule has 1 amide bonds. The summed E-state index contributed by atoms with van der Waals surface area (Å²) < 4.78 is 7.21. The number of hydrogen-bond acceptors (Lipinski definition) is 5. The number of aromatic nitrogens is 3. The van der Waals surface area contributed by atoms with Gasteiger partial charge >= 0.3 is 6.09 Å². The van der Waals surface area contributed by atoms with Crippen molar-refractivity contribution in [1.29, 1.82) is 0 Å². The first-order valence-corrected chi connectivity index (χ1v) is 12.2. The molecule has 1 aromatic rings. The molecule has 33 heavy (non-hydrogen) atoms. The van der Waals surface area contributed by atoms with Crippen LogP contribution in [0.3, 0.4) is 0 Å². The molecule has 1 aliphatic heterocycles. The number of likely N-dealkylation sites (tertiary alicyclic amines) is 1. The number of hydrogen-bond donors (Lipinski definition) is 2. The molecule has 9 nitrogen and oxygen atoms in total. The third kappa shape index (κ3) is 9.13. The number of rotatable bonds is 9. The van der Waals surface area contributed by atoms with Crippen LogP contribution in [0.4, 0.5) is 4.79 Å². The highest BCUT2D eigenvalue weighted by Crippen LogP contribution is 2.19. The normalized spacial score (nSPS) is 17.2. The van der Waals surface area contributed by atoms with Gasteiger partial charge in [0.15, 0.2) is 5.96 Å². The predicted molar refractivity (Wildman–Crippen MR) is 141 cm³/mol. The van der Waals surface area contributed by atoms with Gasteiger partial charge in [-0.2, -0.15) is 0 Å². The average Bonchev–Trinajstić information content (AvgIpc) is 3.28. The van der Waals surface area contributed by atoms with Crippen LogP contribution in [0.15, 0.2) is 23.0 Å². The van der Waals surface area contributed by atoms with Gasteiger partial charge in [0.05, 0.1) is 6.61 Å². The number of aliphatic imine (C=N–C) groups is 1. The molecule has 0 bridgehead atoms. The van der Waals surface area contributed by atoms with Crippen molar-refractivity contribution < 1.29 is 9.53 Å². The quantitative estimate of drug-likeness (QED) is 0.203. The summed E-state index contributed by atoms with van der Waals surface area (Å²) in [5.74, 6) is 1.84. The van der Waals surface area contributed by atoms with E-state index in [2.05, 4.69) is 38.4 Å². The Morgan fingerprint density at radius 2 is 2.09 bits per heavy atom. The number of allylic oxidation sites excluding steroid dienone is 1. The molecule has 1 aliphatic carbocycles. The molecule has 2 N–H and O–H groups in total. The van der Waals surface area contributed by atoms with Gasteiger partial charge in [-0.3, -0.25) is 4.99 Å². The summed E-state index contributed by atoms with van der Waals surface area (Å²) in [5, 5.41) is 15.2. The van der Waals surface area contributed by atoms with Crippen molar-refractivity contribution in [1.82, 2.24) is 30.3 Å². The first-order valence-electron chi connectivity index (χ1n) is 12.2. The molecule has 0 atom stereocenters. The van der Waals surface area contributed by atoms with Crippen LogP contribution in [-0.4, -0.2) is 70.5 Å². The van der Waals surface area contributed by atoms with E-state index in [0.29, 0.717) is 25.7 Å². The summed E-state index contributed by atoms with van der Waals surface area (Å²) in [6.07, 6.45) is 12.7. The van der Waals surface area contributed by atoms with E-state index >= 15 is 0 Å². The largest absolute Gasteiger partial charge is 0.450 e. The summed E-state index contributed by atoms with van der Waals surface area (Å²) in [7, 11) is 0. The van der Waals surface area contributed by atoms with Crippen molar-refractivity contribution >= 4 is 36.0 Å². The molecule has 0 unspecified atom stereocenters. The number of carbonyl (C=O) groups excluding carboxylic acids is 1. The monoisotopic (exact) mass is 573 g/mol. The van der Waals surface area contributed by atoms with E-state index in [1.807, 2.05) is 6.92 Å². The Balaban J connectivity index is 0.00000385. The molecule has 0 spiro atoms. The molecule has 2 heterocycles. The van der Waals surface area contributed by atoms with E-state index in [1.54, 1.807) is 16.8 Å². The summed E-state index contributed by atoms with van der Waals surface area (Å²) in [6.45, 7) is 8.09. The van der Waals surface area contributed by atoms with Crippen LogP contribution in [0.25, 0.3) is 0 Å². The molecule has 1 saturated heterocycles. The SMILES string of the molecule is CCOC(=O)N1CCC(NC(=NCCC2=CCCCC2)NCCn2cnnc2CC)CC1.I. The Kier molecular flexibility index (Phi) is 12.6. The molecule has 1 fully saturated rings. The first kappa shape index (κ1) is 27.4. The van der Waals surface area contributed by atoms with Crippen LogP contribution in [0.1, 0.15) is 64.6 Å². The predicted octanol–water partition coefficient (Wildman–Crippen LogP) is 3.51. The lowest BCUT2D eigenvalue weighted by atomic mass is 9.97. The molecule has 0 radical (unpaired) electrons. The smallest absolute Gasteiger partial charge is 0.409 e. The molecule has 0 aromatic carbocycles. The summed E-state index contributed by atoms with van der Waals surface area (Å²) in [4.78, 5) is 18.6. The number of carbonyl (C=O) groups is 1. The van der Waals surface area contributed by atoms with Crippen LogP contribution >= 0.6 is 24.0 Å². The van der Waals surface area contributed by atoms with E-state index < -0.39 is 0 Å². The standard InChI is InChI=1S/C23H39N7O2.HI/c1-3-21-28-26-18-30(21)17-14-25-22(24-13-10-19-8-6-5-7-9-19)27-20-11-15-29(16-12-20)23(31)32-4-2;/h8,18,20H,3-7,9-17H2,1-2H3,(H2,24,25,27);1H. The summed E-state index contributed by atoms with van der Waals surface area (Å²) in [6, 6.07) is 0.293. The number of amides is 1. The molecule has 1 aromatic heterocycles. The molecule has 186 valence electrons. The number of guanidine groups is 1. The Bertz CT molecular complexity index is 773. The van der Waals surface area contributed by atoms with Crippen molar-refractivity contribution in [3.8, 4) is 0 Å². The van der Waals surface area contributed by atoms with Crippen molar-refractivity contribution in [2.75, 3.05) is 32.8 Å². The van der Waals surface area contributed by atoms with Gasteiger partial charge in [-0.1, -0.05) is 18.6 Å². The van der Waals surface area contributed by atoms with E-state index in [4.69, 9.17) is 9.73 Å². The fourth-order valence-corrected chi connectivity index (χ4v) is 4.24. The van der Waals surface area contributed by atoms with Gasteiger partial charge in [0.25, 0.3) is 0 Å². The Hall–Kier alpha value is -1.85. The van der Waals surface area contributed by atoms with E-state index in [-0.39, 0.29) is 30.1 Å². The van der Waals surface area contributed by atoms with Gasteiger partial charge in [-0.15, -0.1) is 34.2 Å². The minimum absolute atomic E-state index is 0. The minimum atomic E-state index is -0.209. The van der Waals surface area contributed by atoms with Gasteiger partial charge in [0.2, 0.25) is 0 Å². The van der Waals surface area contributed by atoms with Gasteiger partial charge in [0.1, 0.15) is 12.2 Å². The van der Waals surface area contributed by atoms with Gasteiger partial charge < -0.3 is 24.8 Å². The van der Waals surface area contributed by atoms with Crippen molar-refractivity contribution in [3.63, 3.8) is 0 Å². The third-order valence-electron chi connectivity index (χ3n) is 6.11. The third-order valence-corrected chi connectivity index (χ3v) is 6.11. The number of halogens is 1. The van der Waals surface area contributed by atoms with E-state index in [0.717, 1.165) is 57.1 Å². The lowest BCUT2D eigenvalue weighted by Crippen LogP contribution is -2.50. The number of piperidine rings is 1. The zero-order chi connectivity index (χ0) is 22.6. The molecule has 10 heteroatoms. The fourth-order valence-electron chi connectivity index (χ4n) is 4.24. The molecule has 3 rings (SSSR count). The van der Waals surface area contributed by atoms with Crippen LogP contribution in [0.5, 0.6) is 0 Å². The number of aryl methyl sites for hydroxylation is 1. The van der Waals surface area contributed by atoms with Gasteiger partial charge in [0, 0.05) is 45.2 Å². The lowest BCUT2D eigenvalue weighted by Gasteiger charge is -2.32. The highest BCUT2D eigenvalue weighted by atomic mass is 127.